The van der Waals surface area contributed by atoms with Gasteiger partial charge in [0.05, 0.1) is 19.2 Å². The predicted molar refractivity (Wildman–Crippen MR) is 81.0 cm³/mol. The number of ether oxygens (including phenoxy) is 1. The summed E-state index contributed by atoms with van der Waals surface area (Å²) in [6.07, 6.45) is -3.03. The van der Waals surface area contributed by atoms with Gasteiger partial charge in [-0.05, 0) is 29.3 Å². The number of carbonyl (C=O) groups excluding carboxylic acids is 1. The second-order valence-corrected chi connectivity index (χ2v) is 5.18. The Morgan fingerprint density at radius 1 is 1.25 bits per heavy atom. The number of methoxy groups -OCH3 is 1. The number of nitrogens with zero attached hydrogens (tertiary/aromatic N) is 2. The smallest absolute Gasteiger partial charge is 0.416 e. The van der Waals surface area contributed by atoms with Gasteiger partial charge >= 0.3 is 6.18 Å². The lowest BCUT2D eigenvalue weighted by atomic mass is 9.93. The monoisotopic (exact) mass is 335 g/mol. The molecule has 0 spiro atoms. The van der Waals surface area contributed by atoms with Crippen molar-refractivity contribution in [3.05, 3.63) is 46.6 Å². The van der Waals surface area contributed by atoms with Crippen molar-refractivity contribution in [2.24, 2.45) is 10.7 Å². The zero-order valence-corrected chi connectivity index (χ0v) is 12.5. The molecule has 2 aromatic rings. The summed E-state index contributed by atoms with van der Waals surface area (Å²) < 4.78 is 44.4. The van der Waals surface area contributed by atoms with Gasteiger partial charge in [-0.3, -0.25) is 9.79 Å². The number of nitrogens with two attached hydrogens (primary N) is 1. The normalized spacial score (nSPS) is 13.0. The minimum atomic E-state index is -4.51. The summed E-state index contributed by atoms with van der Waals surface area (Å²) in [5.74, 6) is -0.713. The van der Waals surface area contributed by atoms with Crippen molar-refractivity contribution in [3.8, 4) is 17.0 Å². The largest absolute Gasteiger partial charge is 0.481 e. The topological polar surface area (TPSA) is 77.6 Å². The molecular formula is C16H12F3N3O2. The number of amides is 1. The number of carbonyl (C=O) groups is 1. The molecule has 1 amide bonds. The fourth-order valence-electron chi connectivity index (χ4n) is 2.58. The van der Waals surface area contributed by atoms with Crippen LogP contribution in [0.2, 0.25) is 0 Å². The van der Waals surface area contributed by atoms with Gasteiger partial charge in [-0.15, -0.1) is 0 Å². The van der Waals surface area contributed by atoms with E-state index in [4.69, 9.17) is 10.5 Å². The molecule has 0 aliphatic carbocycles. The number of primary amides is 1. The van der Waals surface area contributed by atoms with Gasteiger partial charge in [-0.2, -0.15) is 13.2 Å². The lowest BCUT2D eigenvalue weighted by Gasteiger charge is -2.15. The van der Waals surface area contributed by atoms with Crippen molar-refractivity contribution in [1.29, 1.82) is 0 Å². The molecule has 1 aliphatic heterocycles. The maximum absolute atomic E-state index is 13.2. The number of rotatable bonds is 3. The highest BCUT2D eigenvalue weighted by Crippen LogP contribution is 2.38. The summed E-state index contributed by atoms with van der Waals surface area (Å²) in [4.78, 5) is 19.7. The fourth-order valence-corrected chi connectivity index (χ4v) is 2.58. The summed E-state index contributed by atoms with van der Waals surface area (Å²) in [7, 11) is 1.36. The van der Waals surface area contributed by atoms with Crippen molar-refractivity contribution in [2.75, 3.05) is 7.11 Å². The molecule has 24 heavy (non-hydrogen) atoms. The Morgan fingerprint density at radius 3 is 2.62 bits per heavy atom. The molecule has 1 aliphatic rings. The van der Waals surface area contributed by atoms with Crippen molar-refractivity contribution < 1.29 is 22.7 Å². The highest BCUT2D eigenvalue weighted by molar-refractivity contribution is 6.02. The Morgan fingerprint density at radius 2 is 2.00 bits per heavy atom. The zero-order chi connectivity index (χ0) is 17.5. The second kappa shape index (κ2) is 5.63. The molecule has 2 heterocycles. The molecule has 0 atom stereocenters. The molecule has 0 fully saturated rings. The third-order valence-corrected chi connectivity index (χ3v) is 3.68. The Hall–Kier alpha value is -2.90. The summed E-state index contributed by atoms with van der Waals surface area (Å²) in [6, 6.07) is 4.97. The van der Waals surface area contributed by atoms with Crippen LogP contribution in [-0.2, 0) is 12.7 Å². The highest BCUT2D eigenvalue weighted by atomic mass is 19.4. The summed E-state index contributed by atoms with van der Waals surface area (Å²) in [5.41, 5.74) is 5.75. The summed E-state index contributed by atoms with van der Waals surface area (Å²) in [6.45, 7) is 0.155. The van der Waals surface area contributed by atoms with Gasteiger partial charge in [0.1, 0.15) is 5.69 Å². The lowest BCUT2D eigenvalue weighted by Crippen LogP contribution is -2.16. The number of benzene rings is 1. The van der Waals surface area contributed by atoms with E-state index in [1.807, 2.05) is 0 Å². The van der Waals surface area contributed by atoms with Crippen molar-refractivity contribution >= 4 is 12.1 Å². The fraction of sp³-hybridized carbons (Fsp3) is 0.188. The van der Waals surface area contributed by atoms with E-state index in [-0.39, 0.29) is 29.2 Å². The van der Waals surface area contributed by atoms with Gasteiger partial charge < -0.3 is 10.5 Å². The molecule has 0 saturated heterocycles. The van der Waals surface area contributed by atoms with Crippen LogP contribution < -0.4 is 10.5 Å². The average molecular weight is 335 g/mol. The average Bonchev–Trinajstić information content (AvgIpc) is 3.01. The number of aromatic nitrogens is 1. The Bertz CT molecular complexity index is 860. The molecule has 1 aromatic heterocycles. The number of fused-ring (bicyclic) bond motifs is 1. The number of hydrogen-bond acceptors (Lipinski definition) is 4. The van der Waals surface area contributed by atoms with Crippen LogP contribution in [0.15, 0.2) is 29.3 Å². The third kappa shape index (κ3) is 2.70. The Kier molecular flexibility index (Phi) is 3.75. The standard InChI is InChI=1S/C16H12F3N3O2/c1-24-13-3-2-10(14(22-13)15(20)23)11-5-9(16(17,18)19)4-8-6-21-7-12(8)11/h2-5,7H,6H2,1H3,(H2,20,23). The molecular weight excluding hydrogens is 323 g/mol. The maximum atomic E-state index is 13.2. The van der Waals surface area contributed by atoms with Crippen LogP contribution in [-0.4, -0.2) is 24.2 Å². The SMILES string of the molecule is COc1ccc(-c2cc(C(F)(F)F)cc3c2C=NC3)c(C(N)=O)n1. The first-order valence-electron chi connectivity index (χ1n) is 6.90. The van der Waals surface area contributed by atoms with Gasteiger partial charge in [-0.1, -0.05) is 0 Å². The highest BCUT2D eigenvalue weighted by Gasteiger charge is 2.33. The number of aliphatic imine (C=N–C) groups is 1. The summed E-state index contributed by atoms with van der Waals surface area (Å²) >= 11 is 0. The van der Waals surface area contributed by atoms with E-state index in [2.05, 4.69) is 9.98 Å². The van der Waals surface area contributed by atoms with Crippen LogP contribution in [0.5, 0.6) is 5.88 Å². The van der Waals surface area contributed by atoms with Crippen LogP contribution >= 0.6 is 0 Å². The van der Waals surface area contributed by atoms with E-state index in [1.54, 1.807) is 0 Å². The number of halogens is 3. The maximum Gasteiger partial charge on any atom is 0.416 e. The second-order valence-electron chi connectivity index (χ2n) is 5.18. The van der Waals surface area contributed by atoms with E-state index in [0.29, 0.717) is 11.1 Å². The quantitative estimate of drug-likeness (QED) is 0.937. The van der Waals surface area contributed by atoms with Crippen LogP contribution in [0.3, 0.4) is 0 Å². The van der Waals surface area contributed by atoms with E-state index >= 15 is 0 Å². The predicted octanol–water partition coefficient (Wildman–Crippen LogP) is 2.81. The lowest BCUT2D eigenvalue weighted by molar-refractivity contribution is -0.137. The third-order valence-electron chi connectivity index (χ3n) is 3.68. The molecule has 0 radical (unpaired) electrons. The van der Waals surface area contributed by atoms with Gasteiger partial charge in [0.25, 0.3) is 5.91 Å². The van der Waals surface area contributed by atoms with Crippen LogP contribution in [0.25, 0.3) is 11.1 Å². The molecule has 8 heteroatoms. The molecule has 1 aromatic carbocycles. The number of alkyl halides is 3. The molecule has 2 N–H and O–H groups in total. The Labute approximate surface area is 135 Å². The summed E-state index contributed by atoms with van der Waals surface area (Å²) in [5, 5.41) is 0. The van der Waals surface area contributed by atoms with Crippen molar-refractivity contribution in [1.82, 2.24) is 4.98 Å². The van der Waals surface area contributed by atoms with Gasteiger partial charge in [0, 0.05) is 23.4 Å². The molecule has 3 rings (SSSR count). The molecule has 5 nitrogen and oxygen atoms in total. The minimum Gasteiger partial charge on any atom is -0.481 e. The minimum absolute atomic E-state index is 0.143. The number of pyridine rings is 1. The Balaban J connectivity index is 2.28. The van der Waals surface area contributed by atoms with Crippen molar-refractivity contribution in [3.63, 3.8) is 0 Å². The number of hydrogen-bond donors (Lipinski definition) is 1. The van der Waals surface area contributed by atoms with E-state index in [0.717, 1.165) is 12.1 Å². The van der Waals surface area contributed by atoms with Crippen LogP contribution in [0.1, 0.15) is 27.2 Å². The van der Waals surface area contributed by atoms with Gasteiger partial charge in [-0.25, -0.2) is 4.98 Å². The first-order valence-corrected chi connectivity index (χ1v) is 6.90. The van der Waals surface area contributed by atoms with E-state index in [9.17, 15) is 18.0 Å². The van der Waals surface area contributed by atoms with Gasteiger partial charge in [0.15, 0.2) is 0 Å². The first kappa shape index (κ1) is 16.0. The van der Waals surface area contributed by atoms with E-state index in [1.165, 1.54) is 25.5 Å². The molecule has 124 valence electrons. The molecule has 0 saturated carbocycles. The van der Waals surface area contributed by atoms with Gasteiger partial charge in [0.2, 0.25) is 5.88 Å². The molecule has 0 bridgehead atoms. The molecule has 0 unspecified atom stereocenters. The zero-order valence-electron chi connectivity index (χ0n) is 12.5. The first-order chi connectivity index (χ1) is 11.3. The van der Waals surface area contributed by atoms with E-state index < -0.39 is 17.6 Å². The van der Waals surface area contributed by atoms with Crippen molar-refractivity contribution in [2.45, 2.75) is 12.7 Å². The van der Waals surface area contributed by atoms with Crippen LogP contribution in [0.4, 0.5) is 13.2 Å². The van der Waals surface area contributed by atoms with Crippen LogP contribution in [0, 0.1) is 0 Å².